The minimum atomic E-state index is 0.302. The van der Waals surface area contributed by atoms with Crippen LogP contribution in [0, 0.1) is 0 Å². The van der Waals surface area contributed by atoms with Crippen LogP contribution in [0.15, 0.2) is 51.8 Å². The van der Waals surface area contributed by atoms with E-state index in [9.17, 15) is 4.79 Å². The number of hydrazone groups is 1. The molecular weight excluding hydrogens is 286 g/mol. The van der Waals surface area contributed by atoms with E-state index in [1.54, 1.807) is 0 Å². The molecule has 0 spiro atoms. The van der Waals surface area contributed by atoms with Crippen LogP contribution in [0.4, 0.5) is 0 Å². The van der Waals surface area contributed by atoms with Crippen LogP contribution in [0.5, 0.6) is 0 Å². The third-order valence-electron chi connectivity index (χ3n) is 3.56. The molecule has 0 radical (unpaired) electrons. The second-order valence-electron chi connectivity index (χ2n) is 5.29. The minimum Gasteiger partial charge on any atom is -0.396 e. The predicted molar refractivity (Wildman–Crippen MR) is 100 cm³/mol. The third-order valence-corrected chi connectivity index (χ3v) is 3.56. The molecule has 0 heterocycles. The first-order valence-corrected chi connectivity index (χ1v) is 8.16. The van der Waals surface area contributed by atoms with E-state index >= 15 is 0 Å². The zero-order chi connectivity index (χ0) is 17.8. The highest BCUT2D eigenvalue weighted by atomic mass is 16.1. The molecule has 128 valence electrons. The zero-order valence-corrected chi connectivity index (χ0v) is 15.4. The Morgan fingerprint density at radius 2 is 1.83 bits per heavy atom. The van der Waals surface area contributed by atoms with Crippen molar-refractivity contribution in [3.8, 4) is 0 Å². The lowest BCUT2D eigenvalue weighted by atomic mass is 9.99. The highest BCUT2D eigenvalue weighted by Gasteiger charge is 2.06. The van der Waals surface area contributed by atoms with Crippen LogP contribution in [0.2, 0.25) is 0 Å². The van der Waals surface area contributed by atoms with Gasteiger partial charge in [0.25, 0.3) is 0 Å². The van der Waals surface area contributed by atoms with Gasteiger partial charge in [0, 0.05) is 19.2 Å². The van der Waals surface area contributed by atoms with Crippen LogP contribution in [-0.2, 0) is 4.79 Å². The molecule has 0 saturated heterocycles. The average Bonchev–Trinajstić information content (AvgIpc) is 2.56. The number of hydrogen-bond acceptors (Lipinski definition) is 4. The van der Waals surface area contributed by atoms with E-state index in [1.807, 2.05) is 57.1 Å². The summed E-state index contributed by atoms with van der Waals surface area (Å²) in [5.41, 5.74) is 10.0. The smallest absolute Gasteiger partial charge is 0.165 e. The predicted octanol–water partition coefficient (Wildman–Crippen LogP) is 3.97. The van der Waals surface area contributed by atoms with Crippen LogP contribution in [-0.4, -0.2) is 30.6 Å². The van der Waals surface area contributed by atoms with Crippen molar-refractivity contribution in [2.45, 2.75) is 47.5 Å². The fourth-order valence-corrected chi connectivity index (χ4v) is 2.17. The maximum Gasteiger partial charge on any atom is 0.165 e. The maximum absolute atomic E-state index is 10.9. The van der Waals surface area contributed by atoms with Gasteiger partial charge in [-0.2, -0.15) is 5.10 Å². The maximum atomic E-state index is 10.9. The van der Waals surface area contributed by atoms with Crippen molar-refractivity contribution >= 4 is 12.0 Å². The van der Waals surface area contributed by atoms with Gasteiger partial charge in [-0.1, -0.05) is 37.6 Å². The Bertz CT molecular complexity index is 537. The first-order valence-electron chi connectivity index (χ1n) is 8.16. The van der Waals surface area contributed by atoms with Gasteiger partial charge in [-0.25, -0.2) is 0 Å². The van der Waals surface area contributed by atoms with Gasteiger partial charge in [0.2, 0.25) is 0 Å². The quantitative estimate of drug-likeness (QED) is 0.230. The van der Waals surface area contributed by atoms with Crippen LogP contribution in [0.3, 0.4) is 0 Å². The fourth-order valence-electron chi connectivity index (χ4n) is 2.17. The summed E-state index contributed by atoms with van der Waals surface area (Å²) < 4.78 is 0. The van der Waals surface area contributed by atoms with Crippen LogP contribution < -0.4 is 5.73 Å². The summed E-state index contributed by atoms with van der Waals surface area (Å²) >= 11 is 0. The van der Waals surface area contributed by atoms with Gasteiger partial charge in [0.1, 0.15) is 0 Å². The number of nitrogens with zero attached hydrogens (tertiary/aromatic N) is 2. The Labute approximate surface area is 141 Å². The normalized spacial score (nSPS) is 15.0. The Hall–Kier alpha value is -2.10. The number of aldehydes is 1. The van der Waals surface area contributed by atoms with Crippen molar-refractivity contribution in [1.29, 1.82) is 0 Å². The van der Waals surface area contributed by atoms with E-state index in [1.165, 1.54) is 0 Å². The monoisotopic (exact) mass is 317 g/mol. The van der Waals surface area contributed by atoms with Crippen molar-refractivity contribution in [1.82, 2.24) is 5.01 Å². The molecule has 0 aliphatic carbocycles. The van der Waals surface area contributed by atoms with E-state index < -0.39 is 0 Å². The summed E-state index contributed by atoms with van der Waals surface area (Å²) in [7, 11) is 1.95. The van der Waals surface area contributed by atoms with Gasteiger partial charge in [-0.05, 0) is 45.3 Å². The van der Waals surface area contributed by atoms with Gasteiger partial charge < -0.3 is 10.7 Å². The van der Waals surface area contributed by atoms with E-state index in [0.29, 0.717) is 12.0 Å². The van der Waals surface area contributed by atoms with Gasteiger partial charge in [-0.15, -0.1) is 0 Å². The number of allylic oxidation sites excluding steroid dienone is 8. The summed E-state index contributed by atoms with van der Waals surface area (Å²) in [4.78, 5) is 10.9. The van der Waals surface area contributed by atoms with E-state index in [0.717, 1.165) is 41.8 Å². The first-order chi connectivity index (χ1) is 10.9. The van der Waals surface area contributed by atoms with Crippen molar-refractivity contribution in [3.05, 3.63) is 46.7 Å². The molecule has 0 atom stereocenters. The SMILES string of the molecule is C/C=C(C(\C)=N/N(C)CC)/C(/C=C\C(CCC)=C(\N)C=O)=C/C. The molecule has 0 rings (SSSR count). The highest BCUT2D eigenvalue weighted by Crippen LogP contribution is 2.17. The Balaban J connectivity index is 5.55. The summed E-state index contributed by atoms with van der Waals surface area (Å²) in [6.45, 7) is 11.0. The zero-order valence-electron chi connectivity index (χ0n) is 15.4. The molecular formula is C19H31N3O. The molecule has 0 saturated carbocycles. The number of rotatable bonds is 9. The Kier molecular flexibility index (Phi) is 10.4. The van der Waals surface area contributed by atoms with Gasteiger partial charge in [0.15, 0.2) is 6.29 Å². The standard InChI is InChI=1S/C19H31N3O/c1-7-11-17(19(20)14-23)13-12-16(8-2)18(9-3)15(5)21-22(6)10-4/h8-9,12-14H,7,10-11,20H2,1-6H3/b13-12-,16-8+,18-9+,19-17+,21-15-. The second-order valence-corrected chi connectivity index (χ2v) is 5.29. The van der Waals surface area contributed by atoms with Gasteiger partial charge in [-0.3, -0.25) is 4.79 Å². The van der Waals surface area contributed by atoms with Crippen molar-refractivity contribution < 1.29 is 4.79 Å². The van der Waals surface area contributed by atoms with Gasteiger partial charge in [0.05, 0.1) is 11.4 Å². The van der Waals surface area contributed by atoms with Crippen molar-refractivity contribution in [2.75, 3.05) is 13.6 Å². The van der Waals surface area contributed by atoms with Crippen LogP contribution in [0.25, 0.3) is 0 Å². The lowest BCUT2D eigenvalue weighted by Gasteiger charge is -2.14. The molecule has 0 amide bonds. The van der Waals surface area contributed by atoms with E-state index in [2.05, 4.69) is 18.9 Å². The molecule has 0 unspecified atom stereocenters. The summed E-state index contributed by atoms with van der Waals surface area (Å²) in [6, 6.07) is 0. The van der Waals surface area contributed by atoms with Crippen molar-refractivity contribution in [2.24, 2.45) is 10.8 Å². The molecule has 0 bridgehead atoms. The molecule has 0 aromatic heterocycles. The Morgan fingerprint density at radius 3 is 2.26 bits per heavy atom. The highest BCUT2D eigenvalue weighted by molar-refractivity contribution is 6.02. The molecule has 0 aliphatic heterocycles. The summed E-state index contributed by atoms with van der Waals surface area (Å²) in [5.74, 6) is 0. The lowest BCUT2D eigenvalue weighted by Crippen LogP contribution is -2.13. The molecule has 0 aromatic rings. The lowest BCUT2D eigenvalue weighted by molar-refractivity contribution is -0.105. The van der Waals surface area contributed by atoms with Gasteiger partial charge >= 0.3 is 0 Å². The molecule has 4 nitrogen and oxygen atoms in total. The van der Waals surface area contributed by atoms with E-state index in [4.69, 9.17) is 5.73 Å². The summed E-state index contributed by atoms with van der Waals surface area (Å²) in [5, 5.41) is 6.47. The summed E-state index contributed by atoms with van der Waals surface area (Å²) in [6.07, 6.45) is 10.5. The van der Waals surface area contributed by atoms with E-state index in [-0.39, 0.29) is 0 Å². The fraction of sp³-hybridized carbons (Fsp3) is 0.474. The first kappa shape index (κ1) is 20.9. The number of nitrogens with two attached hydrogens (primary N) is 1. The number of hydrogen-bond donors (Lipinski definition) is 1. The molecule has 0 aromatic carbocycles. The van der Waals surface area contributed by atoms with Crippen LogP contribution >= 0.6 is 0 Å². The topological polar surface area (TPSA) is 58.7 Å². The molecule has 0 aliphatic rings. The van der Waals surface area contributed by atoms with Crippen LogP contribution in [0.1, 0.15) is 47.5 Å². The number of carbonyl (C=O) groups is 1. The minimum absolute atomic E-state index is 0.302. The Morgan fingerprint density at radius 1 is 1.17 bits per heavy atom. The molecule has 0 fully saturated rings. The second kappa shape index (κ2) is 11.5. The molecule has 4 heteroatoms. The largest absolute Gasteiger partial charge is 0.396 e. The average molecular weight is 317 g/mol. The molecule has 2 N–H and O–H groups in total. The number of carbonyl (C=O) groups excluding carboxylic acids is 1. The third kappa shape index (κ3) is 7.13. The molecule has 23 heavy (non-hydrogen) atoms. The van der Waals surface area contributed by atoms with Crippen molar-refractivity contribution in [3.63, 3.8) is 0 Å².